The van der Waals surface area contributed by atoms with Gasteiger partial charge in [0, 0.05) is 17.8 Å². The van der Waals surface area contributed by atoms with Crippen LogP contribution in [0.25, 0.3) is 0 Å². The molecule has 1 aromatic carbocycles. The third-order valence-corrected chi connectivity index (χ3v) is 4.16. The quantitative estimate of drug-likeness (QED) is 0.788. The molecule has 0 aromatic heterocycles. The lowest BCUT2D eigenvalue weighted by atomic mass is 10.0. The number of hydrogen-bond donors (Lipinski definition) is 3. The van der Waals surface area contributed by atoms with Crippen LogP contribution in [-0.2, 0) is 0 Å². The van der Waals surface area contributed by atoms with Crippen LogP contribution in [0.5, 0.6) is 0 Å². The minimum Gasteiger partial charge on any atom is -0.335 e. The van der Waals surface area contributed by atoms with Crippen molar-refractivity contribution in [3.63, 3.8) is 0 Å². The first kappa shape index (κ1) is 14.9. The van der Waals surface area contributed by atoms with Crippen LogP contribution in [-0.4, -0.2) is 12.1 Å². The molecule has 4 heteroatoms. The van der Waals surface area contributed by atoms with Crippen LogP contribution in [0.15, 0.2) is 24.3 Å². The number of anilines is 1. The average Bonchev–Trinajstić information content (AvgIpc) is 2.93. The first-order valence-corrected chi connectivity index (χ1v) is 7.49. The Morgan fingerprint density at radius 2 is 1.80 bits per heavy atom. The van der Waals surface area contributed by atoms with E-state index in [0.29, 0.717) is 5.92 Å². The monoisotopic (exact) mass is 275 g/mol. The lowest BCUT2D eigenvalue weighted by Crippen LogP contribution is -2.39. The summed E-state index contributed by atoms with van der Waals surface area (Å²) in [6, 6.07) is 7.79. The lowest BCUT2D eigenvalue weighted by molar-refractivity contribution is 0.244. The normalized spacial score (nSPS) is 18.6. The highest BCUT2D eigenvalue weighted by Gasteiger charge is 2.22. The molecule has 4 N–H and O–H groups in total. The molecule has 1 aliphatic rings. The van der Waals surface area contributed by atoms with Crippen molar-refractivity contribution in [2.24, 2.45) is 11.7 Å². The Morgan fingerprint density at radius 1 is 1.20 bits per heavy atom. The Kier molecular flexibility index (Phi) is 5.01. The van der Waals surface area contributed by atoms with Crippen molar-refractivity contribution in [3.05, 3.63) is 29.8 Å². The average molecular weight is 275 g/mol. The number of rotatable bonds is 4. The Morgan fingerprint density at radius 3 is 2.35 bits per heavy atom. The van der Waals surface area contributed by atoms with Crippen molar-refractivity contribution in [3.8, 4) is 0 Å². The Labute approximate surface area is 121 Å². The largest absolute Gasteiger partial charge is 0.335 e. The lowest BCUT2D eigenvalue weighted by Gasteiger charge is -2.20. The second-order valence-corrected chi connectivity index (χ2v) is 5.84. The number of benzene rings is 1. The van der Waals surface area contributed by atoms with Gasteiger partial charge in [0.2, 0.25) is 0 Å². The van der Waals surface area contributed by atoms with Crippen LogP contribution >= 0.6 is 0 Å². The first-order valence-electron chi connectivity index (χ1n) is 7.49. The van der Waals surface area contributed by atoms with Crippen molar-refractivity contribution < 1.29 is 4.79 Å². The van der Waals surface area contributed by atoms with Crippen molar-refractivity contribution in [2.45, 2.75) is 51.6 Å². The molecule has 1 aliphatic carbocycles. The Bertz CT molecular complexity index is 436. The highest BCUT2D eigenvalue weighted by Crippen LogP contribution is 2.27. The van der Waals surface area contributed by atoms with E-state index in [-0.39, 0.29) is 18.1 Å². The van der Waals surface area contributed by atoms with E-state index in [9.17, 15) is 4.79 Å². The molecule has 2 unspecified atom stereocenters. The standard InChI is InChI=1S/C16H25N3O/c1-11(17)13-7-9-15(10-8-13)19-16(20)18-12(2)14-5-3-4-6-14/h7-12,14H,3-6,17H2,1-2H3,(H2,18,19,20). The molecular weight excluding hydrogens is 250 g/mol. The molecule has 0 heterocycles. The van der Waals surface area contributed by atoms with E-state index in [1.807, 2.05) is 31.2 Å². The van der Waals surface area contributed by atoms with Gasteiger partial charge in [-0.05, 0) is 50.3 Å². The summed E-state index contributed by atoms with van der Waals surface area (Å²) in [5.41, 5.74) is 7.66. The molecule has 0 bridgehead atoms. The molecule has 1 fully saturated rings. The van der Waals surface area contributed by atoms with E-state index in [4.69, 9.17) is 5.73 Å². The molecule has 4 nitrogen and oxygen atoms in total. The summed E-state index contributed by atoms with van der Waals surface area (Å²) < 4.78 is 0. The Hall–Kier alpha value is -1.55. The molecule has 20 heavy (non-hydrogen) atoms. The molecule has 0 radical (unpaired) electrons. The van der Waals surface area contributed by atoms with Gasteiger partial charge in [-0.25, -0.2) is 4.79 Å². The number of nitrogens with one attached hydrogen (secondary N) is 2. The van der Waals surface area contributed by atoms with Crippen LogP contribution in [0.2, 0.25) is 0 Å². The van der Waals surface area contributed by atoms with E-state index >= 15 is 0 Å². The van der Waals surface area contributed by atoms with Gasteiger partial charge >= 0.3 is 6.03 Å². The number of carbonyl (C=O) groups excluding carboxylic acids is 1. The zero-order valence-electron chi connectivity index (χ0n) is 12.4. The molecule has 1 aromatic rings. The summed E-state index contributed by atoms with van der Waals surface area (Å²) in [5.74, 6) is 0.626. The third-order valence-electron chi connectivity index (χ3n) is 4.16. The van der Waals surface area contributed by atoms with Crippen LogP contribution in [0, 0.1) is 5.92 Å². The first-order chi connectivity index (χ1) is 9.56. The second kappa shape index (κ2) is 6.75. The van der Waals surface area contributed by atoms with E-state index in [2.05, 4.69) is 17.6 Å². The van der Waals surface area contributed by atoms with E-state index in [0.717, 1.165) is 11.3 Å². The fourth-order valence-corrected chi connectivity index (χ4v) is 2.82. The second-order valence-electron chi connectivity index (χ2n) is 5.84. The van der Waals surface area contributed by atoms with E-state index in [1.165, 1.54) is 25.7 Å². The molecular formula is C16H25N3O. The molecule has 0 aliphatic heterocycles. The highest BCUT2D eigenvalue weighted by molar-refractivity contribution is 5.89. The molecule has 0 saturated heterocycles. The van der Waals surface area contributed by atoms with Crippen molar-refractivity contribution in [1.82, 2.24) is 5.32 Å². The zero-order valence-corrected chi connectivity index (χ0v) is 12.4. The fourth-order valence-electron chi connectivity index (χ4n) is 2.82. The summed E-state index contributed by atoms with van der Waals surface area (Å²) in [7, 11) is 0. The van der Waals surface area contributed by atoms with Crippen LogP contribution in [0.3, 0.4) is 0 Å². The van der Waals surface area contributed by atoms with Crippen molar-refractivity contribution in [1.29, 1.82) is 0 Å². The molecule has 0 spiro atoms. The molecule has 2 amide bonds. The maximum absolute atomic E-state index is 12.0. The van der Waals surface area contributed by atoms with Crippen LogP contribution < -0.4 is 16.4 Å². The fraction of sp³-hybridized carbons (Fsp3) is 0.562. The number of nitrogens with two attached hydrogens (primary N) is 1. The molecule has 110 valence electrons. The predicted molar refractivity (Wildman–Crippen MR) is 82.6 cm³/mol. The summed E-state index contributed by atoms with van der Waals surface area (Å²) in [4.78, 5) is 12.0. The summed E-state index contributed by atoms with van der Waals surface area (Å²) in [6.07, 6.45) is 5.03. The van der Waals surface area contributed by atoms with Gasteiger partial charge in [-0.15, -0.1) is 0 Å². The zero-order chi connectivity index (χ0) is 14.5. The van der Waals surface area contributed by atoms with Crippen LogP contribution in [0.1, 0.15) is 51.1 Å². The smallest absolute Gasteiger partial charge is 0.319 e. The number of amides is 2. The third kappa shape index (κ3) is 3.97. The van der Waals surface area contributed by atoms with Crippen LogP contribution in [0.4, 0.5) is 10.5 Å². The van der Waals surface area contributed by atoms with E-state index < -0.39 is 0 Å². The maximum Gasteiger partial charge on any atom is 0.319 e. The summed E-state index contributed by atoms with van der Waals surface area (Å²) in [5, 5.41) is 5.90. The van der Waals surface area contributed by atoms with Crippen molar-refractivity contribution >= 4 is 11.7 Å². The number of carbonyl (C=O) groups is 1. The van der Waals surface area contributed by atoms with Gasteiger partial charge in [-0.1, -0.05) is 25.0 Å². The summed E-state index contributed by atoms with van der Waals surface area (Å²) in [6.45, 7) is 4.03. The molecule has 1 saturated carbocycles. The van der Waals surface area contributed by atoms with Gasteiger partial charge in [0.15, 0.2) is 0 Å². The predicted octanol–water partition coefficient (Wildman–Crippen LogP) is 3.41. The number of urea groups is 1. The van der Waals surface area contributed by atoms with Gasteiger partial charge in [0.25, 0.3) is 0 Å². The molecule has 2 rings (SSSR count). The van der Waals surface area contributed by atoms with E-state index in [1.54, 1.807) is 0 Å². The van der Waals surface area contributed by atoms with Gasteiger partial charge in [-0.2, -0.15) is 0 Å². The Balaban J connectivity index is 1.84. The van der Waals surface area contributed by atoms with Gasteiger partial charge in [0.1, 0.15) is 0 Å². The summed E-state index contributed by atoms with van der Waals surface area (Å²) >= 11 is 0. The SMILES string of the molecule is CC(N)c1ccc(NC(=O)NC(C)C2CCCC2)cc1. The number of hydrogen-bond acceptors (Lipinski definition) is 2. The highest BCUT2D eigenvalue weighted by atomic mass is 16.2. The van der Waals surface area contributed by atoms with Crippen molar-refractivity contribution in [2.75, 3.05) is 5.32 Å². The van der Waals surface area contributed by atoms with Gasteiger partial charge in [-0.3, -0.25) is 0 Å². The van der Waals surface area contributed by atoms with Gasteiger partial charge < -0.3 is 16.4 Å². The minimum absolute atomic E-state index is 0.0141. The molecule has 2 atom stereocenters. The van der Waals surface area contributed by atoms with Gasteiger partial charge in [0.05, 0.1) is 0 Å². The maximum atomic E-state index is 12.0. The minimum atomic E-state index is -0.127. The topological polar surface area (TPSA) is 67.1 Å².